The SMILES string of the molecule is CCC(CC)C[n+]1ccc(-c2ccncc2)cc1. The first-order valence-corrected chi connectivity index (χ1v) is 6.73. The van der Waals surface area contributed by atoms with Gasteiger partial charge in [-0.05, 0) is 36.1 Å². The van der Waals surface area contributed by atoms with Crippen molar-refractivity contribution in [3.8, 4) is 11.1 Å². The van der Waals surface area contributed by atoms with Gasteiger partial charge in [-0.2, -0.15) is 0 Å². The predicted octanol–water partition coefficient (Wildman–Crippen LogP) is 3.47. The Morgan fingerprint density at radius 3 is 2.06 bits per heavy atom. The van der Waals surface area contributed by atoms with E-state index < -0.39 is 0 Å². The zero-order valence-electron chi connectivity index (χ0n) is 11.2. The van der Waals surface area contributed by atoms with E-state index in [0.29, 0.717) is 0 Å². The molecule has 2 rings (SSSR count). The van der Waals surface area contributed by atoms with Gasteiger partial charge in [-0.15, -0.1) is 0 Å². The summed E-state index contributed by atoms with van der Waals surface area (Å²) in [5.41, 5.74) is 2.47. The average molecular weight is 241 g/mol. The van der Waals surface area contributed by atoms with Gasteiger partial charge in [0.15, 0.2) is 18.9 Å². The van der Waals surface area contributed by atoms with Gasteiger partial charge in [0, 0.05) is 30.4 Å². The molecular formula is C16H21N2+. The second kappa shape index (κ2) is 6.29. The summed E-state index contributed by atoms with van der Waals surface area (Å²) < 4.78 is 2.28. The van der Waals surface area contributed by atoms with Crippen LogP contribution in [-0.2, 0) is 6.54 Å². The average Bonchev–Trinajstić information content (AvgIpc) is 2.46. The van der Waals surface area contributed by atoms with E-state index in [0.717, 1.165) is 12.5 Å². The van der Waals surface area contributed by atoms with Crippen molar-refractivity contribution in [3.63, 3.8) is 0 Å². The molecule has 0 aromatic carbocycles. The molecule has 0 atom stereocenters. The first kappa shape index (κ1) is 12.7. The Hall–Kier alpha value is -1.70. The van der Waals surface area contributed by atoms with Crippen LogP contribution in [0.3, 0.4) is 0 Å². The van der Waals surface area contributed by atoms with Crippen LogP contribution >= 0.6 is 0 Å². The minimum Gasteiger partial charge on any atom is -0.265 e. The normalized spacial score (nSPS) is 10.8. The van der Waals surface area contributed by atoms with Crippen LogP contribution < -0.4 is 4.57 Å². The van der Waals surface area contributed by atoms with E-state index in [1.54, 1.807) is 0 Å². The van der Waals surface area contributed by atoms with Crippen molar-refractivity contribution in [1.82, 2.24) is 4.98 Å². The molecule has 94 valence electrons. The lowest BCUT2D eigenvalue weighted by Gasteiger charge is -2.08. The smallest absolute Gasteiger partial charge is 0.169 e. The lowest BCUT2D eigenvalue weighted by Crippen LogP contribution is -2.36. The highest BCUT2D eigenvalue weighted by Crippen LogP contribution is 2.16. The van der Waals surface area contributed by atoms with Crippen molar-refractivity contribution < 1.29 is 4.57 Å². The molecule has 2 aromatic heterocycles. The number of rotatable bonds is 5. The first-order valence-electron chi connectivity index (χ1n) is 6.73. The molecule has 2 nitrogen and oxygen atoms in total. The Morgan fingerprint density at radius 2 is 1.50 bits per heavy atom. The summed E-state index contributed by atoms with van der Waals surface area (Å²) in [4.78, 5) is 4.04. The third-order valence-electron chi connectivity index (χ3n) is 3.53. The molecule has 0 N–H and O–H groups in total. The molecule has 2 heteroatoms. The highest BCUT2D eigenvalue weighted by molar-refractivity contribution is 5.61. The zero-order valence-corrected chi connectivity index (χ0v) is 11.2. The monoisotopic (exact) mass is 241 g/mol. The molecule has 0 saturated heterocycles. The summed E-state index contributed by atoms with van der Waals surface area (Å²) in [6, 6.07) is 8.44. The third kappa shape index (κ3) is 3.16. The fourth-order valence-corrected chi connectivity index (χ4v) is 2.16. The molecule has 0 spiro atoms. The summed E-state index contributed by atoms with van der Waals surface area (Å²) in [5, 5.41) is 0. The van der Waals surface area contributed by atoms with Gasteiger partial charge in [0.1, 0.15) is 0 Å². The molecule has 0 aliphatic heterocycles. The largest absolute Gasteiger partial charge is 0.265 e. The number of nitrogens with zero attached hydrogens (tertiary/aromatic N) is 2. The second-order valence-corrected chi connectivity index (χ2v) is 4.70. The van der Waals surface area contributed by atoms with Crippen molar-refractivity contribution in [2.24, 2.45) is 5.92 Å². The lowest BCUT2D eigenvalue weighted by atomic mass is 10.0. The summed E-state index contributed by atoms with van der Waals surface area (Å²) >= 11 is 0. The Kier molecular flexibility index (Phi) is 4.46. The first-order chi connectivity index (χ1) is 8.83. The van der Waals surface area contributed by atoms with E-state index in [1.165, 1.54) is 24.0 Å². The molecule has 0 aliphatic rings. The van der Waals surface area contributed by atoms with E-state index >= 15 is 0 Å². The van der Waals surface area contributed by atoms with E-state index in [2.05, 4.69) is 47.9 Å². The molecular weight excluding hydrogens is 220 g/mol. The van der Waals surface area contributed by atoms with Crippen LogP contribution in [-0.4, -0.2) is 4.98 Å². The van der Waals surface area contributed by atoms with Gasteiger partial charge in [0.2, 0.25) is 0 Å². The molecule has 0 saturated carbocycles. The van der Waals surface area contributed by atoms with E-state index in [1.807, 2.05) is 24.5 Å². The topological polar surface area (TPSA) is 16.8 Å². The van der Waals surface area contributed by atoms with Crippen molar-refractivity contribution in [2.45, 2.75) is 33.2 Å². The molecule has 0 fully saturated rings. The minimum atomic E-state index is 0.779. The standard InChI is InChI=1S/C16H21N2/c1-3-14(4-2)13-18-11-7-16(8-12-18)15-5-9-17-10-6-15/h5-12,14H,3-4,13H2,1-2H3/q+1. The maximum absolute atomic E-state index is 4.04. The van der Waals surface area contributed by atoms with Crippen LogP contribution in [0.25, 0.3) is 11.1 Å². The summed E-state index contributed by atoms with van der Waals surface area (Å²) in [7, 11) is 0. The van der Waals surface area contributed by atoms with E-state index in [9.17, 15) is 0 Å². The van der Waals surface area contributed by atoms with E-state index in [-0.39, 0.29) is 0 Å². The molecule has 0 unspecified atom stereocenters. The Labute approximate surface area is 109 Å². The number of aromatic nitrogens is 2. The molecule has 2 heterocycles. The second-order valence-electron chi connectivity index (χ2n) is 4.70. The highest BCUT2D eigenvalue weighted by atomic mass is 14.9. The number of hydrogen-bond acceptors (Lipinski definition) is 1. The molecule has 0 radical (unpaired) electrons. The predicted molar refractivity (Wildman–Crippen MR) is 73.9 cm³/mol. The summed E-state index contributed by atoms with van der Waals surface area (Å²) in [5.74, 6) is 0.779. The van der Waals surface area contributed by atoms with Crippen LogP contribution in [0.15, 0.2) is 49.1 Å². The molecule has 2 aromatic rings. The molecule has 0 aliphatic carbocycles. The van der Waals surface area contributed by atoms with Crippen LogP contribution in [0.5, 0.6) is 0 Å². The third-order valence-corrected chi connectivity index (χ3v) is 3.53. The highest BCUT2D eigenvalue weighted by Gasteiger charge is 2.10. The van der Waals surface area contributed by atoms with E-state index in [4.69, 9.17) is 0 Å². The van der Waals surface area contributed by atoms with Crippen LogP contribution in [0.4, 0.5) is 0 Å². The van der Waals surface area contributed by atoms with Gasteiger partial charge in [-0.25, -0.2) is 4.57 Å². The molecule has 18 heavy (non-hydrogen) atoms. The van der Waals surface area contributed by atoms with Crippen LogP contribution in [0.2, 0.25) is 0 Å². The molecule has 0 bridgehead atoms. The van der Waals surface area contributed by atoms with Gasteiger partial charge in [0.05, 0.1) is 0 Å². The lowest BCUT2D eigenvalue weighted by molar-refractivity contribution is -0.703. The van der Waals surface area contributed by atoms with Gasteiger partial charge < -0.3 is 0 Å². The fraction of sp³-hybridized carbons (Fsp3) is 0.375. The fourth-order valence-electron chi connectivity index (χ4n) is 2.16. The summed E-state index contributed by atoms with van der Waals surface area (Å²) in [6.45, 7) is 5.64. The van der Waals surface area contributed by atoms with Crippen molar-refractivity contribution in [3.05, 3.63) is 49.1 Å². The Balaban J connectivity index is 2.11. The van der Waals surface area contributed by atoms with Gasteiger partial charge >= 0.3 is 0 Å². The van der Waals surface area contributed by atoms with Crippen LogP contribution in [0, 0.1) is 5.92 Å². The zero-order chi connectivity index (χ0) is 12.8. The quantitative estimate of drug-likeness (QED) is 0.732. The Bertz CT molecular complexity index is 458. The maximum atomic E-state index is 4.04. The van der Waals surface area contributed by atoms with Crippen LogP contribution in [0.1, 0.15) is 26.7 Å². The minimum absolute atomic E-state index is 0.779. The molecule has 0 amide bonds. The summed E-state index contributed by atoms with van der Waals surface area (Å²) in [6.07, 6.45) is 10.5. The maximum Gasteiger partial charge on any atom is 0.169 e. The van der Waals surface area contributed by atoms with Gasteiger partial charge in [0.25, 0.3) is 0 Å². The number of hydrogen-bond donors (Lipinski definition) is 0. The van der Waals surface area contributed by atoms with Gasteiger partial charge in [-0.3, -0.25) is 4.98 Å². The Morgan fingerprint density at radius 1 is 0.944 bits per heavy atom. The van der Waals surface area contributed by atoms with Crippen molar-refractivity contribution >= 4 is 0 Å². The van der Waals surface area contributed by atoms with Gasteiger partial charge in [-0.1, -0.05) is 13.8 Å². The van der Waals surface area contributed by atoms with Crippen molar-refractivity contribution in [2.75, 3.05) is 0 Å². The number of pyridine rings is 2. The van der Waals surface area contributed by atoms with Crippen molar-refractivity contribution in [1.29, 1.82) is 0 Å².